The number of hydrogen-bond acceptors (Lipinski definition) is 6. The number of aliphatic hydroxyl groups is 1. The molecule has 0 saturated carbocycles. The maximum Gasteiger partial charge on any atom is 0.175 e. The maximum absolute atomic E-state index is 16.4. The Hall–Kier alpha value is -3.39. The summed E-state index contributed by atoms with van der Waals surface area (Å²) in [6, 6.07) is 5.72. The fourth-order valence-corrected chi connectivity index (χ4v) is 5.51. The van der Waals surface area contributed by atoms with Gasteiger partial charge in [-0.3, -0.25) is 4.98 Å². The molecule has 4 aromatic rings. The topological polar surface area (TPSA) is 82.4 Å². The van der Waals surface area contributed by atoms with Gasteiger partial charge in [0.05, 0.1) is 17.0 Å². The van der Waals surface area contributed by atoms with E-state index in [1.54, 1.807) is 26.1 Å². The van der Waals surface area contributed by atoms with E-state index in [0.717, 1.165) is 12.8 Å². The number of aromatic nitrogens is 3. The first-order valence-corrected chi connectivity index (χ1v) is 12.8. The van der Waals surface area contributed by atoms with Gasteiger partial charge in [-0.15, -0.1) is 0 Å². The Balaban J connectivity index is 1.81. The number of rotatable bonds is 5. The van der Waals surface area contributed by atoms with E-state index in [1.165, 1.54) is 18.2 Å². The van der Waals surface area contributed by atoms with E-state index in [9.17, 15) is 14.6 Å². The lowest BCUT2D eigenvalue weighted by Gasteiger charge is -2.35. The minimum absolute atomic E-state index is 0.00600. The van der Waals surface area contributed by atoms with Crippen LogP contribution in [0.4, 0.5) is 14.6 Å². The Bertz CT molecular complexity index is 1510. The molecule has 0 amide bonds. The Morgan fingerprint density at radius 1 is 1.16 bits per heavy atom. The summed E-state index contributed by atoms with van der Waals surface area (Å²) < 4.78 is 31.1. The molecule has 2 aromatic carbocycles. The number of phenolic OH excluding ortho intramolecular Hbond substituents is 1. The van der Waals surface area contributed by atoms with Crippen LogP contribution in [0, 0.1) is 11.6 Å². The lowest BCUT2D eigenvalue weighted by atomic mass is 9.94. The Kier molecular flexibility index (Phi) is 6.26. The molecule has 2 aromatic heterocycles. The Morgan fingerprint density at radius 3 is 2.59 bits per heavy atom. The summed E-state index contributed by atoms with van der Waals surface area (Å²) in [5.41, 5.74) is -0.115. The lowest BCUT2D eigenvalue weighted by Crippen LogP contribution is -2.46. The molecule has 1 saturated heterocycles. The van der Waals surface area contributed by atoms with E-state index in [1.807, 2.05) is 25.7 Å². The van der Waals surface area contributed by atoms with Crippen LogP contribution in [0.3, 0.4) is 0 Å². The van der Waals surface area contributed by atoms with Crippen LogP contribution in [-0.4, -0.2) is 43.4 Å². The van der Waals surface area contributed by atoms with Crippen molar-refractivity contribution >= 4 is 27.5 Å². The number of nitrogens with zero attached hydrogens (tertiary/aromatic N) is 4. The number of aromatic hydroxyl groups is 1. The van der Waals surface area contributed by atoms with E-state index < -0.39 is 11.4 Å². The minimum atomic E-state index is -0.973. The number of phenols is 1. The van der Waals surface area contributed by atoms with Crippen LogP contribution in [0.1, 0.15) is 64.8 Å². The molecule has 1 fully saturated rings. The summed E-state index contributed by atoms with van der Waals surface area (Å²) in [6.45, 7) is 9.96. The molecule has 6 nitrogen and oxygen atoms in total. The van der Waals surface area contributed by atoms with Gasteiger partial charge in [0.25, 0.3) is 0 Å². The van der Waals surface area contributed by atoms with Crippen LogP contribution in [0.5, 0.6) is 5.75 Å². The van der Waals surface area contributed by atoms with Crippen molar-refractivity contribution in [2.45, 2.75) is 71.4 Å². The van der Waals surface area contributed by atoms with E-state index in [4.69, 9.17) is 4.98 Å². The fourth-order valence-electron chi connectivity index (χ4n) is 5.51. The van der Waals surface area contributed by atoms with Gasteiger partial charge in [-0.1, -0.05) is 26.8 Å². The van der Waals surface area contributed by atoms with Gasteiger partial charge in [0.1, 0.15) is 34.4 Å². The molecule has 0 unspecified atom stereocenters. The van der Waals surface area contributed by atoms with Crippen molar-refractivity contribution in [1.82, 2.24) is 15.0 Å². The van der Waals surface area contributed by atoms with Gasteiger partial charge < -0.3 is 15.1 Å². The van der Waals surface area contributed by atoms with Crippen molar-refractivity contribution in [3.63, 3.8) is 0 Å². The summed E-state index contributed by atoms with van der Waals surface area (Å²) >= 11 is 0. The first kappa shape index (κ1) is 25.3. The number of aryl methyl sites for hydroxylation is 1. The van der Waals surface area contributed by atoms with Crippen LogP contribution in [0.15, 0.2) is 30.5 Å². The Morgan fingerprint density at radius 2 is 1.92 bits per heavy atom. The highest BCUT2D eigenvalue weighted by Gasteiger charge is 2.38. The fraction of sp³-hybridized carbons (Fsp3) is 0.414. The van der Waals surface area contributed by atoms with Crippen LogP contribution >= 0.6 is 0 Å². The van der Waals surface area contributed by atoms with Gasteiger partial charge in [0.15, 0.2) is 5.82 Å². The second kappa shape index (κ2) is 9.17. The van der Waals surface area contributed by atoms with Gasteiger partial charge in [0, 0.05) is 24.2 Å². The normalized spacial score (nSPS) is 16.5. The largest absolute Gasteiger partial charge is 0.508 e. The van der Waals surface area contributed by atoms with Gasteiger partial charge in [0.2, 0.25) is 0 Å². The van der Waals surface area contributed by atoms with Gasteiger partial charge >= 0.3 is 0 Å². The predicted octanol–water partition coefficient (Wildman–Crippen LogP) is 6.25. The van der Waals surface area contributed by atoms with Crippen molar-refractivity contribution in [2.24, 2.45) is 0 Å². The standard InChI is InChI=1S/C29H32F2N4O2/c1-6-18-21(30)10-9-16-12-17(36)13-19(23(16)18)25-24(31)26-20(14-32-25)28(34-27(33-26)15(2)3)35-11-7-8-22(35)29(4,5)37/h9-10,12-15,22,36-37H,6-8,11H2,1-5H3/t22-/m0/s1. The molecule has 0 aliphatic carbocycles. The second-order valence-electron chi connectivity index (χ2n) is 10.7. The van der Waals surface area contributed by atoms with Crippen LogP contribution < -0.4 is 4.90 Å². The maximum atomic E-state index is 16.4. The molecular weight excluding hydrogens is 474 g/mol. The average Bonchev–Trinajstić information content (AvgIpc) is 3.34. The highest BCUT2D eigenvalue weighted by atomic mass is 19.1. The molecule has 0 radical (unpaired) electrons. The molecule has 1 aliphatic heterocycles. The number of fused-ring (bicyclic) bond motifs is 2. The zero-order valence-corrected chi connectivity index (χ0v) is 21.8. The van der Waals surface area contributed by atoms with Gasteiger partial charge in [-0.2, -0.15) is 0 Å². The first-order valence-electron chi connectivity index (χ1n) is 12.8. The molecule has 8 heteroatoms. The monoisotopic (exact) mass is 506 g/mol. The predicted molar refractivity (Wildman–Crippen MR) is 142 cm³/mol. The van der Waals surface area contributed by atoms with Gasteiger partial charge in [-0.25, -0.2) is 18.7 Å². The van der Waals surface area contributed by atoms with Crippen molar-refractivity contribution < 1.29 is 19.0 Å². The molecular formula is C29H32F2N4O2. The lowest BCUT2D eigenvalue weighted by molar-refractivity contribution is 0.0533. The second-order valence-corrected chi connectivity index (χ2v) is 10.7. The Labute approximate surface area is 215 Å². The third-order valence-corrected chi connectivity index (χ3v) is 7.30. The van der Waals surface area contributed by atoms with Gasteiger partial charge in [-0.05, 0) is 67.6 Å². The number of pyridine rings is 1. The molecule has 2 N–H and O–H groups in total. The van der Waals surface area contributed by atoms with Crippen molar-refractivity contribution in [1.29, 1.82) is 0 Å². The van der Waals surface area contributed by atoms with Crippen LogP contribution in [0.25, 0.3) is 32.9 Å². The molecule has 0 spiro atoms. The molecule has 37 heavy (non-hydrogen) atoms. The molecule has 0 bridgehead atoms. The zero-order chi connectivity index (χ0) is 26.6. The van der Waals surface area contributed by atoms with Crippen molar-refractivity contribution in [3.8, 4) is 17.0 Å². The van der Waals surface area contributed by atoms with Crippen molar-refractivity contribution in [3.05, 3.63) is 53.5 Å². The SMILES string of the molecule is CCc1c(F)ccc2cc(O)cc(-c3ncc4c(N5CCC[C@H]5C(C)(C)O)nc(C(C)C)nc4c3F)c12. The zero-order valence-electron chi connectivity index (χ0n) is 21.8. The summed E-state index contributed by atoms with van der Waals surface area (Å²) in [7, 11) is 0. The van der Waals surface area contributed by atoms with E-state index >= 15 is 4.39 Å². The molecule has 1 atom stereocenters. The average molecular weight is 507 g/mol. The first-order chi connectivity index (χ1) is 17.5. The summed E-state index contributed by atoms with van der Waals surface area (Å²) in [4.78, 5) is 15.9. The minimum Gasteiger partial charge on any atom is -0.508 e. The summed E-state index contributed by atoms with van der Waals surface area (Å²) in [6.07, 6.45) is 3.62. The number of anilines is 1. The number of benzene rings is 2. The third-order valence-electron chi connectivity index (χ3n) is 7.30. The van der Waals surface area contributed by atoms with E-state index in [2.05, 4.69) is 9.97 Å². The van der Waals surface area contributed by atoms with Crippen molar-refractivity contribution in [2.75, 3.05) is 11.4 Å². The van der Waals surface area contributed by atoms with E-state index in [-0.39, 0.29) is 34.7 Å². The molecule has 1 aliphatic rings. The summed E-state index contributed by atoms with van der Waals surface area (Å²) in [5.74, 6) is -0.126. The van der Waals surface area contributed by atoms with Crippen LogP contribution in [-0.2, 0) is 6.42 Å². The molecule has 5 rings (SSSR count). The highest BCUT2D eigenvalue weighted by Crippen LogP contribution is 2.40. The quantitative estimate of drug-likeness (QED) is 0.333. The smallest absolute Gasteiger partial charge is 0.175 e. The molecule has 3 heterocycles. The third kappa shape index (κ3) is 4.27. The number of hydrogen-bond donors (Lipinski definition) is 2. The van der Waals surface area contributed by atoms with E-state index in [0.29, 0.717) is 51.9 Å². The van der Waals surface area contributed by atoms with Crippen LogP contribution in [0.2, 0.25) is 0 Å². The molecule has 194 valence electrons. The highest BCUT2D eigenvalue weighted by molar-refractivity contribution is 6.01. The summed E-state index contributed by atoms with van der Waals surface area (Å²) in [5, 5.41) is 22.8. The number of halogens is 2.